The molecule has 0 fully saturated rings. The molecule has 0 saturated carbocycles. The van der Waals surface area contributed by atoms with Gasteiger partial charge in [0.1, 0.15) is 0 Å². The smallest absolute Gasteiger partial charge is 0.400 e. The molecule has 0 radical (unpaired) electrons. The SMILES string of the molecule is C=CCC(O)=CC(CC=C)OP(N)(=O)O. The van der Waals surface area contributed by atoms with Crippen molar-refractivity contribution in [3.8, 4) is 0 Å². The molecule has 2 atom stereocenters. The van der Waals surface area contributed by atoms with Crippen LogP contribution in [0.2, 0.25) is 0 Å². The van der Waals surface area contributed by atoms with Gasteiger partial charge in [-0.15, -0.1) is 13.2 Å². The lowest BCUT2D eigenvalue weighted by atomic mass is 10.2. The third kappa shape index (κ3) is 8.15. The molecular formula is C9H16NO4P. The first kappa shape index (κ1) is 14.1. The van der Waals surface area contributed by atoms with Gasteiger partial charge in [-0.1, -0.05) is 12.2 Å². The minimum Gasteiger partial charge on any atom is -0.512 e. The molecular weight excluding hydrogens is 217 g/mol. The van der Waals surface area contributed by atoms with Crippen molar-refractivity contribution in [2.75, 3.05) is 0 Å². The summed E-state index contributed by atoms with van der Waals surface area (Å²) < 4.78 is 15.4. The molecule has 0 bridgehead atoms. The highest BCUT2D eigenvalue weighted by Gasteiger charge is 2.17. The highest BCUT2D eigenvalue weighted by atomic mass is 31.2. The van der Waals surface area contributed by atoms with Gasteiger partial charge in [-0.05, 0) is 12.5 Å². The Morgan fingerprint density at radius 2 is 2.13 bits per heavy atom. The van der Waals surface area contributed by atoms with E-state index in [0.717, 1.165) is 0 Å². The minimum atomic E-state index is -4.06. The van der Waals surface area contributed by atoms with E-state index in [1.807, 2.05) is 0 Å². The maximum absolute atomic E-state index is 10.8. The van der Waals surface area contributed by atoms with Gasteiger partial charge < -0.3 is 10.00 Å². The number of hydrogen-bond donors (Lipinski definition) is 3. The standard InChI is InChI=1S/C9H16NO4P/c1-3-5-8(11)7-9(6-4-2)14-15(10,12)13/h3-4,7,9,11H,1-2,5-6H2,(H3,10,12,13). The number of aliphatic hydroxyl groups excluding tert-OH is 1. The second kappa shape index (κ2) is 6.58. The van der Waals surface area contributed by atoms with Gasteiger partial charge in [-0.3, -0.25) is 4.52 Å². The Morgan fingerprint density at radius 1 is 1.53 bits per heavy atom. The lowest BCUT2D eigenvalue weighted by Crippen LogP contribution is -2.11. The quantitative estimate of drug-likeness (QED) is 0.355. The van der Waals surface area contributed by atoms with E-state index < -0.39 is 13.9 Å². The predicted octanol–water partition coefficient (Wildman–Crippen LogP) is 2.02. The maximum Gasteiger partial charge on any atom is 0.400 e. The molecule has 15 heavy (non-hydrogen) atoms. The number of rotatable bonds is 7. The summed E-state index contributed by atoms with van der Waals surface area (Å²) >= 11 is 0. The fourth-order valence-corrected chi connectivity index (χ4v) is 1.47. The van der Waals surface area contributed by atoms with Gasteiger partial charge in [0.05, 0.1) is 11.9 Å². The molecule has 2 unspecified atom stereocenters. The van der Waals surface area contributed by atoms with E-state index >= 15 is 0 Å². The first-order chi connectivity index (χ1) is 6.89. The van der Waals surface area contributed by atoms with Crippen LogP contribution in [0.4, 0.5) is 0 Å². The first-order valence-electron chi connectivity index (χ1n) is 4.30. The van der Waals surface area contributed by atoms with Crippen LogP contribution in [0.1, 0.15) is 12.8 Å². The maximum atomic E-state index is 10.8. The van der Waals surface area contributed by atoms with Crippen LogP contribution >= 0.6 is 7.75 Å². The zero-order chi connectivity index (χ0) is 11.9. The van der Waals surface area contributed by atoms with E-state index in [0.29, 0.717) is 0 Å². The van der Waals surface area contributed by atoms with Crippen LogP contribution in [0.5, 0.6) is 0 Å². The van der Waals surface area contributed by atoms with Crippen LogP contribution < -0.4 is 5.50 Å². The van der Waals surface area contributed by atoms with Gasteiger partial charge in [0.2, 0.25) is 0 Å². The van der Waals surface area contributed by atoms with Gasteiger partial charge in [0.25, 0.3) is 0 Å². The van der Waals surface area contributed by atoms with E-state index in [1.54, 1.807) is 0 Å². The van der Waals surface area contributed by atoms with E-state index in [-0.39, 0.29) is 18.6 Å². The van der Waals surface area contributed by atoms with Crippen molar-refractivity contribution in [3.05, 3.63) is 37.1 Å². The van der Waals surface area contributed by atoms with Crippen molar-refractivity contribution in [2.24, 2.45) is 5.50 Å². The highest BCUT2D eigenvalue weighted by molar-refractivity contribution is 7.50. The van der Waals surface area contributed by atoms with E-state index in [9.17, 15) is 9.67 Å². The largest absolute Gasteiger partial charge is 0.512 e. The molecule has 0 heterocycles. The molecule has 4 N–H and O–H groups in total. The highest BCUT2D eigenvalue weighted by Crippen LogP contribution is 2.34. The van der Waals surface area contributed by atoms with E-state index in [1.165, 1.54) is 18.2 Å². The summed E-state index contributed by atoms with van der Waals surface area (Å²) in [4.78, 5) is 8.80. The molecule has 6 heteroatoms. The van der Waals surface area contributed by atoms with Crippen molar-refractivity contribution in [3.63, 3.8) is 0 Å². The summed E-state index contributed by atoms with van der Waals surface area (Å²) in [6.45, 7) is 6.90. The average Bonchev–Trinajstić information content (AvgIpc) is 2.01. The molecule has 0 saturated heterocycles. The third-order valence-electron chi connectivity index (χ3n) is 1.42. The summed E-state index contributed by atoms with van der Waals surface area (Å²) in [5.74, 6) is 0.00491. The molecule has 86 valence electrons. The van der Waals surface area contributed by atoms with Crippen LogP contribution in [0, 0.1) is 0 Å². The molecule has 5 nitrogen and oxygen atoms in total. The Balaban J connectivity index is 4.52. The third-order valence-corrected chi connectivity index (χ3v) is 1.99. The molecule has 0 spiro atoms. The summed E-state index contributed by atoms with van der Waals surface area (Å²) in [7, 11) is -4.06. The van der Waals surface area contributed by atoms with Crippen molar-refractivity contribution in [1.29, 1.82) is 0 Å². The van der Waals surface area contributed by atoms with Gasteiger partial charge in [-0.2, -0.15) is 0 Å². The zero-order valence-electron chi connectivity index (χ0n) is 8.37. The molecule has 0 aliphatic heterocycles. The van der Waals surface area contributed by atoms with Crippen molar-refractivity contribution in [2.45, 2.75) is 18.9 Å². The van der Waals surface area contributed by atoms with Crippen molar-refractivity contribution >= 4 is 7.75 Å². The van der Waals surface area contributed by atoms with Crippen molar-refractivity contribution in [1.82, 2.24) is 0 Å². The van der Waals surface area contributed by atoms with Crippen LogP contribution in [-0.4, -0.2) is 16.1 Å². The van der Waals surface area contributed by atoms with Crippen LogP contribution in [0.25, 0.3) is 0 Å². The molecule has 0 aromatic carbocycles. The lowest BCUT2D eigenvalue weighted by molar-refractivity contribution is 0.208. The summed E-state index contributed by atoms with van der Waals surface area (Å²) in [6.07, 6.45) is 4.08. The Hall–Kier alpha value is -0.870. The van der Waals surface area contributed by atoms with Gasteiger partial charge >= 0.3 is 7.75 Å². The second-order valence-corrected chi connectivity index (χ2v) is 4.22. The predicted molar refractivity (Wildman–Crippen MR) is 59.2 cm³/mol. The monoisotopic (exact) mass is 233 g/mol. The van der Waals surface area contributed by atoms with Crippen molar-refractivity contribution < 1.29 is 19.1 Å². The minimum absolute atomic E-state index is 0.00491. The molecule has 0 aliphatic rings. The Bertz CT molecular complexity index is 294. The summed E-state index contributed by atoms with van der Waals surface area (Å²) in [5.41, 5.74) is 4.84. The fraction of sp³-hybridized carbons (Fsp3) is 0.333. The Labute approximate surface area is 89.2 Å². The topological polar surface area (TPSA) is 92.8 Å². The van der Waals surface area contributed by atoms with Crippen LogP contribution in [0.15, 0.2) is 37.1 Å². The van der Waals surface area contributed by atoms with E-state index in [2.05, 4.69) is 17.7 Å². The number of allylic oxidation sites excluding steroid dienone is 1. The zero-order valence-corrected chi connectivity index (χ0v) is 9.27. The number of aliphatic hydroxyl groups is 1. The summed E-state index contributed by atoms with van der Waals surface area (Å²) in [6, 6.07) is 0. The van der Waals surface area contributed by atoms with Gasteiger partial charge in [0.15, 0.2) is 0 Å². The number of hydrogen-bond acceptors (Lipinski definition) is 3. The molecule has 0 rings (SSSR count). The molecule has 0 amide bonds. The summed E-state index contributed by atoms with van der Waals surface area (Å²) in [5, 5.41) is 9.31. The van der Waals surface area contributed by atoms with Crippen LogP contribution in [-0.2, 0) is 9.09 Å². The molecule has 0 aromatic rings. The second-order valence-electron chi connectivity index (χ2n) is 2.88. The molecule has 0 aromatic heterocycles. The van der Waals surface area contributed by atoms with Gasteiger partial charge in [-0.25, -0.2) is 10.1 Å². The van der Waals surface area contributed by atoms with Crippen LogP contribution in [0.3, 0.4) is 0 Å². The van der Waals surface area contributed by atoms with E-state index in [4.69, 9.17) is 10.4 Å². The molecule has 0 aliphatic carbocycles. The normalized spacial score (nSPS) is 17.9. The fourth-order valence-electron chi connectivity index (χ4n) is 0.930. The lowest BCUT2D eigenvalue weighted by Gasteiger charge is -2.14. The average molecular weight is 233 g/mol. The first-order valence-corrected chi connectivity index (χ1v) is 5.95. The Kier molecular flexibility index (Phi) is 6.20. The van der Waals surface area contributed by atoms with Gasteiger partial charge in [0, 0.05) is 6.42 Å². The Morgan fingerprint density at radius 3 is 2.53 bits per heavy atom. The number of nitrogens with two attached hydrogens (primary N) is 1.